The van der Waals surface area contributed by atoms with E-state index < -0.39 is 17.8 Å². The Kier molecular flexibility index (Phi) is 6.23. The Hall–Kier alpha value is -3.29. The minimum atomic E-state index is -0.655. The lowest BCUT2D eigenvalue weighted by Crippen LogP contribution is -2.11. The number of aryl methyl sites for hydroxylation is 1. The van der Waals surface area contributed by atoms with Crippen LogP contribution in [0.2, 0.25) is 0 Å². The summed E-state index contributed by atoms with van der Waals surface area (Å²) < 4.78 is 11.6. The van der Waals surface area contributed by atoms with Crippen LogP contribution in [0.4, 0.5) is 5.69 Å². The van der Waals surface area contributed by atoms with Crippen LogP contribution in [0.5, 0.6) is 5.75 Å². The number of carbonyl (C=O) groups excluding carboxylic acids is 3. The fourth-order valence-corrected chi connectivity index (χ4v) is 2.72. The van der Waals surface area contributed by atoms with Crippen LogP contribution in [-0.4, -0.2) is 40.7 Å². The summed E-state index contributed by atoms with van der Waals surface area (Å²) >= 11 is 0. The van der Waals surface area contributed by atoms with Crippen molar-refractivity contribution in [1.29, 1.82) is 0 Å². The molecule has 0 spiro atoms. The first-order valence-electron chi connectivity index (χ1n) is 8.45. The third-order valence-electron chi connectivity index (χ3n) is 4.02. The molecular formula is C19H22N2O6. The highest BCUT2D eigenvalue weighted by Crippen LogP contribution is 2.37. The number of anilines is 1. The van der Waals surface area contributed by atoms with E-state index in [1.807, 2.05) is 0 Å². The lowest BCUT2D eigenvalue weighted by Gasteiger charge is -2.09. The summed E-state index contributed by atoms with van der Waals surface area (Å²) in [6, 6.07) is 3.06. The minimum Gasteiger partial charge on any atom is -0.506 e. The molecule has 0 fully saturated rings. The Morgan fingerprint density at radius 3 is 2.44 bits per heavy atom. The van der Waals surface area contributed by atoms with Crippen molar-refractivity contribution < 1.29 is 29.0 Å². The van der Waals surface area contributed by atoms with Gasteiger partial charge in [-0.15, -0.1) is 0 Å². The van der Waals surface area contributed by atoms with Crippen molar-refractivity contribution in [3.63, 3.8) is 0 Å². The number of phenols is 1. The molecule has 8 nitrogen and oxygen atoms in total. The van der Waals surface area contributed by atoms with E-state index >= 15 is 0 Å². The number of hydrogen-bond acceptors (Lipinski definition) is 6. The van der Waals surface area contributed by atoms with Crippen LogP contribution in [0, 0.1) is 6.92 Å². The van der Waals surface area contributed by atoms with Crippen LogP contribution in [0.3, 0.4) is 0 Å². The molecule has 2 N–H and O–H groups in total. The van der Waals surface area contributed by atoms with Gasteiger partial charge in [-0.2, -0.15) is 0 Å². The molecule has 8 heteroatoms. The van der Waals surface area contributed by atoms with E-state index in [1.54, 1.807) is 38.5 Å². The fourth-order valence-electron chi connectivity index (χ4n) is 2.72. The van der Waals surface area contributed by atoms with Gasteiger partial charge in [0.05, 0.1) is 30.0 Å². The van der Waals surface area contributed by atoms with Crippen molar-refractivity contribution in [1.82, 2.24) is 4.57 Å². The molecule has 144 valence electrons. The molecule has 0 saturated carbocycles. The maximum atomic E-state index is 12.4. The van der Waals surface area contributed by atoms with Crippen molar-refractivity contribution in [3.8, 4) is 5.75 Å². The number of hydrogen-bond donors (Lipinski definition) is 2. The van der Waals surface area contributed by atoms with Gasteiger partial charge < -0.3 is 24.5 Å². The highest BCUT2D eigenvalue weighted by atomic mass is 16.5. The summed E-state index contributed by atoms with van der Waals surface area (Å²) in [4.78, 5) is 35.9. The van der Waals surface area contributed by atoms with Gasteiger partial charge in [0, 0.05) is 30.3 Å². The number of phenolic OH excluding ortho intramolecular Hbond substituents is 1. The normalized spacial score (nSPS) is 11.0. The van der Waals surface area contributed by atoms with E-state index in [0.717, 1.165) is 12.2 Å². The molecule has 0 aliphatic rings. The summed E-state index contributed by atoms with van der Waals surface area (Å²) in [5, 5.41) is 13.2. The standard InChI is InChI=1S/C19H22N2O6/c1-5-26-15(24)10-9-14(23)20-18-13(22)8-7-12-17(18)16(11(3)21(12)4)19(25)27-6-2/h7-10,22H,5-6H2,1-4H3,(H,20,23)/b10-9+. The largest absolute Gasteiger partial charge is 0.506 e. The van der Waals surface area contributed by atoms with Crippen LogP contribution in [-0.2, 0) is 26.1 Å². The molecule has 0 bridgehead atoms. The molecule has 1 aromatic carbocycles. The number of nitrogens with zero attached hydrogens (tertiary/aromatic N) is 1. The first-order chi connectivity index (χ1) is 12.8. The number of ether oxygens (including phenoxy) is 2. The Labute approximate surface area is 156 Å². The van der Waals surface area contributed by atoms with Gasteiger partial charge in [-0.05, 0) is 32.9 Å². The Morgan fingerprint density at radius 2 is 1.81 bits per heavy atom. The molecule has 0 aliphatic carbocycles. The maximum absolute atomic E-state index is 12.4. The zero-order valence-corrected chi connectivity index (χ0v) is 15.7. The zero-order valence-electron chi connectivity index (χ0n) is 15.7. The van der Waals surface area contributed by atoms with Gasteiger partial charge in [0.25, 0.3) is 0 Å². The first-order valence-corrected chi connectivity index (χ1v) is 8.45. The summed E-state index contributed by atoms with van der Waals surface area (Å²) in [6.45, 7) is 5.47. The van der Waals surface area contributed by atoms with E-state index in [4.69, 9.17) is 9.47 Å². The van der Waals surface area contributed by atoms with Crippen molar-refractivity contribution in [3.05, 3.63) is 35.5 Å². The average molecular weight is 374 g/mol. The summed E-state index contributed by atoms with van der Waals surface area (Å²) in [7, 11) is 1.77. The highest BCUT2D eigenvalue weighted by Gasteiger charge is 2.24. The third-order valence-corrected chi connectivity index (χ3v) is 4.02. The molecule has 1 amide bonds. The number of aromatic hydroxyl groups is 1. The number of fused-ring (bicyclic) bond motifs is 1. The van der Waals surface area contributed by atoms with E-state index in [2.05, 4.69) is 5.32 Å². The molecule has 0 saturated heterocycles. The third kappa shape index (κ3) is 4.11. The second kappa shape index (κ2) is 8.39. The lowest BCUT2D eigenvalue weighted by atomic mass is 10.1. The van der Waals surface area contributed by atoms with E-state index in [1.165, 1.54) is 6.07 Å². The topological polar surface area (TPSA) is 107 Å². The van der Waals surface area contributed by atoms with Gasteiger partial charge in [-0.1, -0.05) is 0 Å². The Morgan fingerprint density at radius 1 is 1.15 bits per heavy atom. The SMILES string of the molecule is CCOC(=O)/C=C/C(=O)Nc1c(O)ccc2c1c(C(=O)OCC)c(C)n2C. The number of amides is 1. The van der Waals surface area contributed by atoms with Crippen LogP contribution < -0.4 is 5.32 Å². The zero-order chi connectivity index (χ0) is 20.1. The molecule has 0 atom stereocenters. The van der Waals surface area contributed by atoms with E-state index in [9.17, 15) is 19.5 Å². The van der Waals surface area contributed by atoms with Gasteiger partial charge in [0.1, 0.15) is 5.75 Å². The molecule has 1 aromatic heterocycles. The number of benzene rings is 1. The minimum absolute atomic E-state index is 0.0674. The van der Waals surface area contributed by atoms with Gasteiger partial charge in [0.15, 0.2) is 0 Å². The Balaban J connectivity index is 2.51. The van der Waals surface area contributed by atoms with E-state index in [-0.39, 0.29) is 30.2 Å². The van der Waals surface area contributed by atoms with Crippen molar-refractivity contribution in [2.75, 3.05) is 18.5 Å². The van der Waals surface area contributed by atoms with Crippen molar-refractivity contribution in [2.45, 2.75) is 20.8 Å². The lowest BCUT2D eigenvalue weighted by molar-refractivity contribution is -0.137. The first kappa shape index (κ1) is 20.0. The van der Waals surface area contributed by atoms with Crippen LogP contribution in [0.1, 0.15) is 29.9 Å². The predicted octanol–water partition coefficient (Wildman–Crippen LogP) is 2.43. The predicted molar refractivity (Wildman–Crippen MR) is 99.7 cm³/mol. The molecule has 2 rings (SSSR count). The average Bonchev–Trinajstić information content (AvgIpc) is 2.87. The quantitative estimate of drug-likeness (QED) is 0.457. The molecule has 27 heavy (non-hydrogen) atoms. The van der Waals surface area contributed by atoms with Crippen molar-refractivity contribution in [2.24, 2.45) is 7.05 Å². The van der Waals surface area contributed by atoms with Crippen molar-refractivity contribution >= 4 is 34.4 Å². The highest BCUT2D eigenvalue weighted by molar-refractivity contribution is 6.16. The second-order valence-corrected chi connectivity index (χ2v) is 5.67. The fraction of sp³-hybridized carbons (Fsp3) is 0.316. The number of aromatic nitrogens is 1. The van der Waals surface area contributed by atoms with Gasteiger partial charge in [-0.3, -0.25) is 4.79 Å². The van der Waals surface area contributed by atoms with Gasteiger partial charge in [-0.25, -0.2) is 9.59 Å². The number of nitrogens with one attached hydrogen (secondary N) is 1. The number of carbonyl (C=O) groups is 3. The van der Waals surface area contributed by atoms with Crippen LogP contribution in [0.15, 0.2) is 24.3 Å². The number of esters is 2. The number of rotatable bonds is 6. The molecule has 0 aliphatic heterocycles. The molecule has 2 aromatic rings. The molecule has 1 heterocycles. The Bertz CT molecular complexity index is 926. The monoisotopic (exact) mass is 374 g/mol. The second-order valence-electron chi connectivity index (χ2n) is 5.67. The van der Waals surface area contributed by atoms with Gasteiger partial charge in [0.2, 0.25) is 5.91 Å². The maximum Gasteiger partial charge on any atom is 0.340 e. The van der Waals surface area contributed by atoms with E-state index in [0.29, 0.717) is 16.6 Å². The van der Waals surface area contributed by atoms with Gasteiger partial charge >= 0.3 is 11.9 Å². The van der Waals surface area contributed by atoms with Crippen LogP contribution >= 0.6 is 0 Å². The molecule has 0 unspecified atom stereocenters. The van der Waals surface area contributed by atoms with Crippen LogP contribution in [0.25, 0.3) is 10.9 Å². The molecular weight excluding hydrogens is 352 g/mol. The summed E-state index contributed by atoms with van der Waals surface area (Å²) in [6.07, 6.45) is 1.98. The summed E-state index contributed by atoms with van der Waals surface area (Å²) in [5.41, 5.74) is 1.59. The smallest absolute Gasteiger partial charge is 0.340 e. The molecule has 0 radical (unpaired) electrons. The summed E-state index contributed by atoms with van der Waals surface area (Å²) in [5.74, 6) is -2.07.